The fourth-order valence-electron chi connectivity index (χ4n) is 2.13. The molecule has 3 nitrogen and oxygen atoms in total. The molecule has 0 fully saturated rings. The number of allylic oxidation sites excluding steroid dienone is 4. The largest absolute Gasteiger partial charge is 0.480 e. The first-order chi connectivity index (χ1) is 10.2. The topological polar surface area (TPSA) is 40.5 Å². The maximum atomic E-state index is 10.9. The predicted molar refractivity (Wildman–Crippen MR) is 90.6 cm³/mol. The van der Waals surface area contributed by atoms with Gasteiger partial charge in [0.2, 0.25) is 0 Å². The van der Waals surface area contributed by atoms with E-state index in [0.29, 0.717) is 0 Å². The molecule has 0 saturated heterocycles. The van der Waals surface area contributed by atoms with Gasteiger partial charge in [0.25, 0.3) is 0 Å². The molecule has 21 heavy (non-hydrogen) atoms. The lowest BCUT2D eigenvalue weighted by atomic mass is 10.2. The lowest BCUT2D eigenvalue weighted by Gasteiger charge is -2.19. The summed E-state index contributed by atoms with van der Waals surface area (Å²) in [5, 5.41) is 8.96. The van der Waals surface area contributed by atoms with Crippen LogP contribution in [0.1, 0.15) is 65.2 Å². The standard InChI is InChI=1S/C18H33NO2/c1-3-5-7-9-11-13-15-19(17-18(20)21)16-14-12-10-8-6-4-2/h7-10H,3-6,11-17H2,1-2H3,(H,20,21)/b9-7+,10-8+. The molecule has 0 aliphatic heterocycles. The zero-order valence-corrected chi connectivity index (χ0v) is 13.9. The van der Waals surface area contributed by atoms with Crippen molar-refractivity contribution in [1.29, 1.82) is 0 Å². The Morgan fingerprint density at radius 1 is 0.857 bits per heavy atom. The van der Waals surface area contributed by atoms with Gasteiger partial charge in [-0.2, -0.15) is 0 Å². The number of hydrogen-bond acceptors (Lipinski definition) is 2. The van der Waals surface area contributed by atoms with Gasteiger partial charge in [-0.3, -0.25) is 9.69 Å². The predicted octanol–water partition coefficient (Wildman–Crippen LogP) is 4.65. The van der Waals surface area contributed by atoms with Crippen molar-refractivity contribution in [2.45, 2.75) is 65.2 Å². The zero-order valence-electron chi connectivity index (χ0n) is 13.9. The highest BCUT2D eigenvalue weighted by atomic mass is 16.4. The normalized spacial score (nSPS) is 12.0. The first-order valence-electron chi connectivity index (χ1n) is 8.44. The molecule has 0 heterocycles. The molecule has 0 aromatic heterocycles. The SMILES string of the molecule is CCC/C=C/CCCN(CCC/C=C/CCC)CC(=O)O. The van der Waals surface area contributed by atoms with Gasteiger partial charge >= 0.3 is 5.97 Å². The molecule has 0 radical (unpaired) electrons. The number of aliphatic carboxylic acids is 1. The Morgan fingerprint density at radius 3 is 1.67 bits per heavy atom. The maximum absolute atomic E-state index is 10.9. The van der Waals surface area contributed by atoms with Crippen LogP contribution in [0.2, 0.25) is 0 Å². The number of nitrogens with zero attached hydrogens (tertiary/aromatic N) is 1. The number of rotatable bonds is 14. The van der Waals surface area contributed by atoms with Gasteiger partial charge in [-0.05, 0) is 51.6 Å². The van der Waals surface area contributed by atoms with E-state index < -0.39 is 5.97 Å². The van der Waals surface area contributed by atoms with Gasteiger partial charge in [-0.25, -0.2) is 0 Å². The molecular weight excluding hydrogens is 262 g/mol. The molecule has 0 atom stereocenters. The second-order valence-electron chi connectivity index (χ2n) is 5.47. The molecular formula is C18H33NO2. The zero-order chi connectivity index (χ0) is 15.8. The molecule has 0 unspecified atom stereocenters. The molecule has 3 heteroatoms. The highest BCUT2D eigenvalue weighted by molar-refractivity contribution is 5.69. The van der Waals surface area contributed by atoms with Crippen LogP contribution in [0, 0.1) is 0 Å². The minimum Gasteiger partial charge on any atom is -0.480 e. The van der Waals surface area contributed by atoms with Crippen molar-refractivity contribution in [3.63, 3.8) is 0 Å². The fraction of sp³-hybridized carbons (Fsp3) is 0.722. The van der Waals surface area contributed by atoms with Crippen LogP contribution >= 0.6 is 0 Å². The van der Waals surface area contributed by atoms with Gasteiger partial charge in [0.1, 0.15) is 0 Å². The summed E-state index contributed by atoms with van der Waals surface area (Å²) in [5.74, 6) is -0.724. The quantitative estimate of drug-likeness (QED) is 0.375. The lowest BCUT2D eigenvalue weighted by Crippen LogP contribution is -2.31. The Kier molecular flexibility index (Phi) is 14.5. The van der Waals surface area contributed by atoms with Gasteiger partial charge < -0.3 is 5.11 Å². The molecule has 0 saturated carbocycles. The van der Waals surface area contributed by atoms with Crippen LogP contribution in [0.25, 0.3) is 0 Å². The van der Waals surface area contributed by atoms with E-state index >= 15 is 0 Å². The van der Waals surface area contributed by atoms with Crippen molar-refractivity contribution in [2.75, 3.05) is 19.6 Å². The Hall–Kier alpha value is -1.09. The molecule has 0 spiro atoms. The summed E-state index contributed by atoms with van der Waals surface area (Å²) in [4.78, 5) is 12.9. The summed E-state index contributed by atoms with van der Waals surface area (Å²) >= 11 is 0. The maximum Gasteiger partial charge on any atom is 0.317 e. The van der Waals surface area contributed by atoms with Gasteiger partial charge in [-0.15, -0.1) is 0 Å². The van der Waals surface area contributed by atoms with Crippen molar-refractivity contribution >= 4 is 5.97 Å². The molecule has 0 aliphatic rings. The van der Waals surface area contributed by atoms with Crippen LogP contribution < -0.4 is 0 Å². The molecule has 1 N–H and O–H groups in total. The molecule has 0 bridgehead atoms. The average molecular weight is 295 g/mol. The molecule has 0 aromatic rings. The highest BCUT2D eigenvalue weighted by Crippen LogP contribution is 2.02. The van der Waals surface area contributed by atoms with E-state index in [9.17, 15) is 4.79 Å². The van der Waals surface area contributed by atoms with Crippen molar-refractivity contribution in [3.8, 4) is 0 Å². The number of unbranched alkanes of at least 4 members (excludes halogenated alkanes) is 4. The van der Waals surface area contributed by atoms with Crippen LogP contribution in [0.4, 0.5) is 0 Å². The number of hydrogen-bond donors (Lipinski definition) is 1. The second-order valence-corrected chi connectivity index (χ2v) is 5.47. The van der Waals surface area contributed by atoms with Gasteiger partial charge in [0.05, 0.1) is 6.54 Å². The number of carboxylic acids is 1. The van der Waals surface area contributed by atoms with E-state index in [1.165, 1.54) is 12.8 Å². The Bertz CT molecular complexity index is 276. The molecule has 0 amide bonds. The third kappa shape index (κ3) is 15.1. The van der Waals surface area contributed by atoms with Gasteiger partial charge in [-0.1, -0.05) is 51.0 Å². The lowest BCUT2D eigenvalue weighted by molar-refractivity contribution is -0.138. The average Bonchev–Trinajstić information content (AvgIpc) is 2.45. The first kappa shape index (κ1) is 19.9. The Balaban J connectivity index is 3.84. The van der Waals surface area contributed by atoms with Crippen LogP contribution in [0.15, 0.2) is 24.3 Å². The van der Waals surface area contributed by atoms with E-state index in [4.69, 9.17) is 5.11 Å². The summed E-state index contributed by atoms with van der Waals surface area (Å²) in [6.45, 7) is 6.27. The Labute approximate surface area is 130 Å². The number of carboxylic acid groups (broad SMARTS) is 1. The minimum atomic E-state index is -0.724. The molecule has 122 valence electrons. The second kappa shape index (κ2) is 15.3. The van der Waals surface area contributed by atoms with Crippen LogP contribution in [0.3, 0.4) is 0 Å². The monoisotopic (exact) mass is 295 g/mol. The van der Waals surface area contributed by atoms with Crippen molar-refractivity contribution in [3.05, 3.63) is 24.3 Å². The summed E-state index contributed by atoms with van der Waals surface area (Å²) in [7, 11) is 0. The number of carbonyl (C=O) groups is 1. The summed E-state index contributed by atoms with van der Waals surface area (Å²) in [5.41, 5.74) is 0. The summed E-state index contributed by atoms with van der Waals surface area (Å²) in [6.07, 6.45) is 17.7. The van der Waals surface area contributed by atoms with Gasteiger partial charge in [0, 0.05) is 0 Å². The van der Waals surface area contributed by atoms with E-state index in [-0.39, 0.29) is 6.54 Å². The van der Waals surface area contributed by atoms with E-state index in [1.807, 2.05) is 0 Å². The summed E-state index contributed by atoms with van der Waals surface area (Å²) in [6, 6.07) is 0. The van der Waals surface area contributed by atoms with E-state index in [1.54, 1.807) is 0 Å². The first-order valence-corrected chi connectivity index (χ1v) is 8.44. The minimum absolute atomic E-state index is 0.164. The highest BCUT2D eigenvalue weighted by Gasteiger charge is 2.08. The smallest absolute Gasteiger partial charge is 0.317 e. The third-order valence-corrected chi connectivity index (χ3v) is 3.29. The molecule has 0 rings (SSSR count). The van der Waals surface area contributed by atoms with Crippen LogP contribution in [-0.2, 0) is 4.79 Å². The Morgan fingerprint density at radius 2 is 1.29 bits per heavy atom. The molecule has 0 aliphatic carbocycles. The van der Waals surface area contributed by atoms with E-state index in [0.717, 1.165) is 51.6 Å². The van der Waals surface area contributed by atoms with E-state index in [2.05, 4.69) is 43.1 Å². The fourth-order valence-corrected chi connectivity index (χ4v) is 2.13. The molecule has 0 aromatic carbocycles. The van der Waals surface area contributed by atoms with Crippen LogP contribution in [0.5, 0.6) is 0 Å². The third-order valence-electron chi connectivity index (χ3n) is 3.29. The van der Waals surface area contributed by atoms with Gasteiger partial charge in [0.15, 0.2) is 0 Å². The van der Waals surface area contributed by atoms with Crippen molar-refractivity contribution in [1.82, 2.24) is 4.90 Å². The van der Waals surface area contributed by atoms with Crippen molar-refractivity contribution < 1.29 is 9.90 Å². The van der Waals surface area contributed by atoms with Crippen LogP contribution in [-0.4, -0.2) is 35.6 Å². The van der Waals surface area contributed by atoms with Crippen molar-refractivity contribution in [2.24, 2.45) is 0 Å². The summed E-state index contributed by atoms with van der Waals surface area (Å²) < 4.78 is 0.